The quantitative estimate of drug-likeness (QED) is 0.736. The molecule has 0 aliphatic carbocycles. The van der Waals surface area contributed by atoms with Crippen LogP contribution in [0, 0.1) is 12.8 Å². The van der Waals surface area contributed by atoms with Crippen molar-refractivity contribution in [2.24, 2.45) is 5.92 Å². The van der Waals surface area contributed by atoms with Crippen molar-refractivity contribution in [1.82, 2.24) is 19.7 Å². The Morgan fingerprint density at radius 3 is 2.64 bits per heavy atom. The van der Waals surface area contributed by atoms with Gasteiger partial charge in [0.2, 0.25) is 5.91 Å². The first kappa shape index (κ1) is 15.5. The molecule has 1 unspecified atom stereocenters. The molecule has 1 amide bonds. The molecule has 1 saturated heterocycles. The fraction of sp³-hybridized carbons (Fsp3) is 0.263. The SMILES string of the molecule is Cc1cc(-n2cnnc2)ncc1CC1CC(=O)N(c2ccccc2)C1. The minimum Gasteiger partial charge on any atom is -0.312 e. The lowest BCUT2D eigenvalue weighted by Crippen LogP contribution is -2.24. The fourth-order valence-corrected chi connectivity index (χ4v) is 3.33. The maximum Gasteiger partial charge on any atom is 0.227 e. The number of benzene rings is 1. The van der Waals surface area contributed by atoms with Crippen LogP contribution in [-0.2, 0) is 11.2 Å². The predicted octanol–water partition coefficient (Wildman–Crippen LogP) is 2.57. The van der Waals surface area contributed by atoms with E-state index in [2.05, 4.69) is 22.1 Å². The van der Waals surface area contributed by atoms with Gasteiger partial charge in [0.25, 0.3) is 0 Å². The van der Waals surface area contributed by atoms with Crippen molar-refractivity contribution < 1.29 is 4.79 Å². The smallest absolute Gasteiger partial charge is 0.227 e. The highest BCUT2D eigenvalue weighted by molar-refractivity contribution is 5.95. The molecule has 3 heterocycles. The van der Waals surface area contributed by atoms with Gasteiger partial charge in [0.05, 0.1) is 0 Å². The fourth-order valence-electron chi connectivity index (χ4n) is 3.33. The summed E-state index contributed by atoms with van der Waals surface area (Å²) < 4.78 is 1.78. The highest BCUT2D eigenvalue weighted by Gasteiger charge is 2.30. The molecule has 0 spiro atoms. The third-order valence-electron chi connectivity index (χ3n) is 4.67. The highest BCUT2D eigenvalue weighted by atomic mass is 16.2. The third-order valence-corrected chi connectivity index (χ3v) is 4.67. The molecule has 0 bridgehead atoms. The van der Waals surface area contributed by atoms with Crippen LogP contribution < -0.4 is 4.90 Å². The summed E-state index contributed by atoms with van der Waals surface area (Å²) in [5, 5.41) is 7.62. The van der Waals surface area contributed by atoms with Crippen LogP contribution >= 0.6 is 0 Å². The van der Waals surface area contributed by atoms with Gasteiger partial charge in [-0.15, -0.1) is 10.2 Å². The molecule has 0 N–H and O–H groups in total. The predicted molar refractivity (Wildman–Crippen MR) is 94.5 cm³/mol. The normalized spacial score (nSPS) is 17.2. The number of amides is 1. The van der Waals surface area contributed by atoms with E-state index in [-0.39, 0.29) is 5.91 Å². The average molecular weight is 333 g/mol. The van der Waals surface area contributed by atoms with Crippen molar-refractivity contribution in [2.45, 2.75) is 19.8 Å². The van der Waals surface area contributed by atoms with E-state index in [9.17, 15) is 4.79 Å². The Morgan fingerprint density at radius 1 is 1.16 bits per heavy atom. The number of rotatable bonds is 4. The molecule has 0 saturated carbocycles. The molecule has 6 heteroatoms. The Morgan fingerprint density at radius 2 is 1.92 bits per heavy atom. The molecule has 1 aliphatic heterocycles. The van der Waals surface area contributed by atoms with Crippen LogP contribution in [0.3, 0.4) is 0 Å². The van der Waals surface area contributed by atoms with Crippen LogP contribution in [0.2, 0.25) is 0 Å². The van der Waals surface area contributed by atoms with Crippen molar-refractivity contribution in [2.75, 3.05) is 11.4 Å². The van der Waals surface area contributed by atoms with Crippen LogP contribution in [-0.4, -0.2) is 32.2 Å². The first-order chi connectivity index (χ1) is 12.2. The summed E-state index contributed by atoms with van der Waals surface area (Å²) in [6, 6.07) is 11.9. The second-order valence-electron chi connectivity index (χ2n) is 6.45. The number of aryl methyl sites for hydroxylation is 1. The Bertz CT molecular complexity index is 876. The van der Waals surface area contributed by atoms with E-state index in [0.717, 1.165) is 24.5 Å². The van der Waals surface area contributed by atoms with Crippen molar-refractivity contribution in [3.05, 3.63) is 66.4 Å². The van der Waals surface area contributed by atoms with Crippen LogP contribution in [0.15, 0.2) is 55.2 Å². The van der Waals surface area contributed by atoms with E-state index in [1.807, 2.05) is 47.5 Å². The number of nitrogens with zero attached hydrogens (tertiary/aromatic N) is 5. The van der Waals surface area contributed by atoms with Gasteiger partial charge in [0.1, 0.15) is 18.5 Å². The van der Waals surface area contributed by atoms with Gasteiger partial charge < -0.3 is 4.90 Å². The molecule has 2 aromatic heterocycles. The first-order valence-electron chi connectivity index (χ1n) is 8.36. The molecule has 25 heavy (non-hydrogen) atoms. The van der Waals surface area contributed by atoms with Crippen molar-refractivity contribution in [1.29, 1.82) is 0 Å². The van der Waals surface area contributed by atoms with E-state index in [1.165, 1.54) is 11.1 Å². The lowest BCUT2D eigenvalue weighted by Gasteiger charge is -2.17. The van der Waals surface area contributed by atoms with Crippen molar-refractivity contribution in [3.63, 3.8) is 0 Å². The van der Waals surface area contributed by atoms with E-state index >= 15 is 0 Å². The maximum absolute atomic E-state index is 12.4. The topological polar surface area (TPSA) is 63.9 Å². The zero-order valence-electron chi connectivity index (χ0n) is 14.0. The molecular formula is C19H19N5O. The van der Waals surface area contributed by atoms with Crippen LogP contribution in [0.4, 0.5) is 5.69 Å². The van der Waals surface area contributed by atoms with Gasteiger partial charge in [-0.2, -0.15) is 0 Å². The van der Waals surface area contributed by atoms with Crippen LogP contribution in [0.1, 0.15) is 17.5 Å². The third kappa shape index (κ3) is 3.15. The zero-order chi connectivity index (χ0) is 17.2. The molecule has 1 atom stereocenters. The summed E-state index contributed by atoms with van der Waals surface area (Å²) in [4.78, 5) is 18.8. The van der Waals surface area contributed by atoms with Gasteiger partial charge in [0, 0.05) is 24.8 Å². The van der Waals surface area contributed by atoms with Gasteiger partial charge >= 0.3 is 0 Å². The van der Waals surface area contributed by atoms with Gasteiger partial charge in [-0.05, 0) is 48.6 Å². The highest BCUT2D eigenvalue weighted by Crippen LogP contribution is 2.28. The number of anilines is 1. The number of pyridine rings is 1. The molecule has 1 aliphatic rings. The summed E-state index contributed by atoms with van der Waals surface area (Å²) in [7, 11) is 0. The largest absolute Gasteiger partial charge is 0.312 e. The van der Waals surface area contributed by atoms with E-state index in [1.54, 1.807) is 17.2 Å². The number of para-hydroxylation sites is 1. The number of carbonyl (C=O) groups excluding carboxylic acids is 1. The second kappa shape index (κ2) is 6.47. The standard InChI is InChI=1S/C19H19N5O/c1-14-7-18(23-12-21-22-13-23)20-10-16(14)8-15-9-19(25)24(11-15)17-5-3-2-4-6-17/h2-7,10,12-13,15H,8-9,11H2,1H3. The number of carbonyl (C=O) groups is 1. The second-order valence-corrected chi connectivity index (χ2v) is 6.45. The maximum atomic E-state index is 12.4. The molecule has 1 fully saturated rings. The number of hydrogen-bond acceptors (Lipinski definition) is 4. The molecule has 1 aromatic carbocycles. The lowest BCUT2D eigenvalue weighted by molar-refractivity contribution is -0.117. The molecule has 4 rings (SSSR count). The minimum absolute atomic E-state index is 0.197. The summed E-state index contributed by atoms with van der Waals surface area (Å²) in [5.41, 5.74) is 3.33. The number of aromatic nitrogens is 4. The van der Waals surface area contributed by atoms with Gasteiger partial charge in [-0.1, -0.05) is 18.2 Å². The lowest BCUT2D eigenvalue weighted by atomic mass is 9.97. The molecule has 0 radical (unpaired) electrons. The van der Waals surface area contributed by atoms with Crippen molar-refractivity contribution >= 4 is 11.6 Å². The van der Waals surface area contributed by atoms with Crippen LogP contribution in [0.5, 0.6) is 0 Å². The molecule has 126 valence electrons. The van der Waals surface area contributed by atoms with E-state index < -0.39 is 0 Å². The zero-order valence-corrected chi connectivity index (χ0v) is 14.0. The van der Waals surface area contributed by atoms with Gasteiger partial charge in [-0.25, -0.2) is 4.98 Å². The Hall–Kier alpha value is -3.02. The Balaban J connectivity index is 1.49. The average Bonchev–Trinajstić information content (AvgIpc) is 3.27. The summed E-state index contributed by atoms with van der Waals surface area (Å²) in [6.45, 7) is 2.84. The molecular weight excluding hydrogens is 314 g/mol. The van der Waals surface area contributed by atoms with Gasteiger partial charge in [0.15, 0.2) is 0 Å². The Kier molecular flexibility index (Phi) is 4.01. The number of hydrogen-bond donors (Lipinski definition) is 0. The minimum atomic E-state index is 0.197. The van der Waals surface area contributed by atoms with E-state index in [4.69, 9.17) is 0 Å². The monoisotopic (exact) mass is 333 g/mol. The van der Waals surface area contributed by atoms with Gasteiger partial charge in [-0.3, -0.25) is 9.36 Å². The van der Waals surface area contributed by atoms with E-state index in [0.29, 0.717) is 12.3 Å². The first-order valence-corrected chi connectivity index (χ1v) is 8.36. The van der Waals surface area contributed by atoms with Crippen LogP contribution in [0.25, 0.3) is 5.82 Å². The molecule has 6 nitrogen and oxygen atoms in total. The Labute approximate surface area is 146 Å². The summed E-state index contributed by atoms with van der Waals surface area (Å²) >= 11 is 0. The summed E-state index contributed by atoms with van der Waals surface area (Å²) in [6.07, 6.45) is 6.61. The molecule has 3 aromatic rings. The van der Waals surface area contributed by atoms with Crippen molar-refractivity contribution in [3.8, 4) is 5.82 Å². The summed E-state index contributed by atoms with van der Waals surface area (Å²) in [5.74, 6) is 1.32.